The van der Waals surface area contributed by atoms with Gasteiger partial charge in [-0.3, -0.25) is 9.59 Å². The summed E-state index contributed by atoms with van der Waals surface area (Å²) in [4.78, 5) is 25.3. The minimum absolute atomic E-state index is 0.0749. The summed E-state index contributed by atoms with van der Waals surface area (Å²) in [6.07, 6.45) is -0.569. The van der Waals surface area contributed by atoms with Crippen molar-refractivity contribution in [3.8, 4) is 0 Å². The van der Waals surface area contributed by atoms with E-state index in [4.69, 9.17) is 0 Å². The van der Waals surface area contributed by atoms with Crippen LogP contribution in [0.3, 0.4) is 0 Å². The van der Waals surface area contributed by atoms with E-state index in [2.05, 4.69) is 5.32 Å². The highest BCUT2D eigenvalue weighted by atomic mass is 19.4. The zero-order chi connectivity index (χ0) is 17.0. The summed E-state index contributed by atoms with van der Waals surface area (Å²) in [5.41, 5.74) is -0.496. The van der Waals surface area contributed by atoms with Crippen LogP contribution in [-0.2, 0) is 15.8 Å². The molecule has 0 bridgehead atoms. The summed E-state index contributed by atoms with van der Waals surface area (Å²) in [6, 6.07) is 4.30. The SMILES string of the molecule is CC(=O)N(CC(=O)Nc1ccc(C(F)(F)F)cc1)C1CCCC1. The van der Waals surface area contributed by atoms with Crippen molar-refractivity contribution in [2.45, 2.75) is 44.8 Å². The van der Waals surface area contributed by atoms with Gasteiger partial charge in [0, 0.05) is 18.7 Å². The van der Waals surface area contributed by atoms with E-state index < -0.39 is 17.6 Å². The van der Waals surface area contributed by atoms with E-state index in [1.54, 1.807) is 0 Å². The average Bonchev–Trinajstić information content (AvgIpc) is 2.98. The van der Waals surface area contributed by atoms with Gasteiger partial charge in [0.15, 0.2) is 0 Å². The topological polar surface area (TPSA) is 49.4 Å². The second-order valence-electron chi connectivity index (χ2n) is 5.71. The van der Waals surface area contributed by atoms with Gasteiger partial charge in [0.05, 0.1) is 5.56 Å². The van der Waals surface area contributed by atoms with Gasteiger partial charge in [0.1, 0.15) is 6.54 Å². The van der Waals surface area contributed by atoms with Gasteiger partial charge in [0.25, 0.3) is 0 Å². The number of hydrogen-bond acceptors (Lipinski definition) is 2. The molecular formula is C16H19F3N2O2. The molecule has 7 heteroatoms. The number of nitrogens with zero attached hydrogens (tertiary/aromatic N) is 1. The summed E-state index contributed by atoms with van der Waals surface area (Å²) in [5, 5.41) is 2.53. The van der Waals surface area contributed by atoms with Crippen LogP contribution < -0.4 is 5.32 Å². The van der Waals surface area contributed by atoms with Crippen molar-refractivity contribution in [3.63, 3.8) is 0 Å². The quantitative estimate of drug-likeness (QED) is 0.920. The lowest BCUT2D eigenvalue weighted by Gasteiger charge is -2.27. The van der Waals surface area contributed by atoms with Crippen LogP contribution in [0.2, 0.25) is 0 Å². The van der Waals surface area contributed by atoms with E-state index in [0.29, 0.717) is 0 Å². The Morgan fingerprint density at radius 2 is 1.74 bits per heavy atom. The molecule has 0 radical (unpaired) electrons. The standard InChI is InChI=1S/C16H19F3N2O2/c1-11(22)21(14-4-2-3-5-14)10-15(23)20-13-8-6-12(7-9-13)16(17,18)19/h6-9,14H,2-5,10H2,1H3,(H,20,23). The highest BCUT2D eigenvalue weighted by molar-refractivity contribution is 5.94. The van der Waals surface area contributed by atoms with Crippen LogP contribution in [0.15, 0.2) is 24.3 Å². The molecule has 0 aromatic heterocycles. The highest BCUT2D eigenvalue weighted by Crippen LogP contribution is 2.30. The molecule has 0 aliphatic heterocycles. The van der Waals surface area contributed by atoms with Gasteiger partial charge in [0.2, 0.25) is 11.8 Å². The number of halogens is 3. The van der Waals surface area contributed by atoms with E-state index >= 15 is 0 Å². The number of anilines is 1. The third-order valence-corrected chi connectivity index (χ3v) is 3.98. The molecule has 1 saturated carbocycles. The summed E-state index contributed by atoms with van der Waals surface area (Å²) in [6.45, 7) is 1.34. The number of hydrogen-bond donors (Lipinski definition) is 1. The number of nitrogens with one attached hydrogen (secondary N) is 1. The van der Waals surface area contributed by atoms with Crippen molar-refractivity contribution in [2.24, 2.45) is 0 Å². The fourth-order valence-corrected chi connectivity index (χ4v) is 2.81. The number of carbonyl (C=O) groups excluding carboxylic acids is 2. The van der Waals surface area contributed by atoms with E-state index in [1.807, 2.05) is 0 Å². The molecule has 0 heterocycles. The first kappa shape index (κ1) is 17.3. The number of rotatable bonds is 4. The Morgan fingerprint density at radius 3 is 2.22 bits per heavy atom. The Bertz CT molecular complexity index is 564. The molecule has 1 aromatic rings. The molecule has 4 nitrogen and oxygen atoms in total. The maximum Gasteiger partial charge on any atom is 0.416 e. The van der Waals surface area contributed by atoms with Crippen molar-refractivity contribution >= 4 is 17.5 Å². The molecule has 23 heavy (non-hydrogen) atoms. The van der Waals surface area contributed by atoms with E-state index in [0.717, 1.165) is 37.8 Å². The summed E-state index contributed by atoms with van der Waals surface area (Å²) < 4.78 is 37.5. The molecule has 0 atom stereocenters. The first-order valence-electron chi connectivity index (χ1n) is 7.51. The van der Waals surface area contributed by atoms with Gasteiger partial charge in [-0.15, -0.1) is 0 Å². The van der Waals surface area contributed by atoms with Crippen LogP contribution in [0.25, 0.3) is 0 Å². The molecule has 0 unspecified atom stereocenters. The van der Waals surface area contributed by atoms with Crippen LogP contribution in [0.5, 0.6) is 0 Å². The number of carbonyl (C=O) groups is 2. The van der Waals surface area contributed by atoms with Crippen LogP contribution in [-0.4, -0.2) is 29.3 Å². The smallest absolute Gasteiger partial charge is 0.331 e. The lowest BCUT2D eigenvalue weighted by atomic mass is 10.2. The molecule has 1 aromatic carbocycles. The normalized spacial score (nSPS) is 15.5. The van der Waals surface area contributed by atoms with Crippen LogP contribution in [0, 0.1) is 0 Å². The average molecular weight is 328 g/mol. The largest absolute Gasteiger partial charge is 0.416 e. The predicted molar refractivity (Wildman–Crippen MR) is 79.7 cm³/mol. The number of alkyl halides is 3. The second-order valence-corrected chi connectivity index (χ2v) is 5.71. The van der Waals surface area contributed by atoms with Crippen LogP contribution in [0.4, 0.5) is 18.9 Å². The monoisotopic (exact) mass is 328 g/mol. The van der Waals surface area contributed by atoms with E-state index in [1.165, 1.54) is 24.0 Å². The predicted octanol–water partition coefficient (Wildman–Crippen LogP) is 3.44. The van der Waals surface area contributed by atoms with Gasteiger partial charge in [-0.2, -0.15) is 13.2 Å². The molecule has 1 fully saturated rings. The van der Waals surface area contributed by atoms with Crippen LogP contribution in [0.1, 0.15) is 38.2 Å². The fraction of sp³-hybridized carbons (Fsp3) is 0.500. The molecule has 0 saturated heterocycles. The third kappa shape index (κ3) is 4.71. The van der Waals surface area contributed by atoms with Gasteiger partial charge in [-0.1, -0.05) is 12.8 Å². The molecule has 1 N–H and O–H groups in total. The van der Waals surface area contributed by atoms with Crippen molar-refractivity contribution in [1.29, 1.82) is 0 Å². The lowest BCUT2D eigenvalue weighted by Crippen LogP contribution is -2.42. The summed E-state index contributed by atoms with van der Waals surface area (Å²) in [5.74, 6) is -0.577. The van der Waals surface area contributed by atoms with Gasteiger partial charge in [-0.05, 0) is 37.1 Å². The van der Waals surface area contributed by atoms with Crippen molar-refractivity contribution in [3.05, 3.63) is 29.8 Å². The maximum absolute atomic E-state index is 12.5. The third-order valence-electron chi connectivity index (χ3n) is 3.98. The van der Waals surface area contributed by atoms with Gasteiger partial charge >= 0.3 is 6.18 Å². The first-order chi connectivity index (χ1) is 10.8. The van der Waals surface area contributed by atoms with Crippen molar-refractivity contribution < 1.29 is 22.8 Å². The minimum Gasteiger partial charge on any atom is -0.331 e. The fourth-order valence-electron chi connectivity index (χ4n) is 2.81. The Kier molecular flexibility index (Phi) is 5.28. The molecule has 2 amide bonds. The molecule has 2 rings (SSSR count). The summed E-state index contributed by atoms with van der Waals surface area (Å²) >= 11 is 0. The highest BCUT2D eigenvalue weighted by Gasteiger charge is 2.30. The Labute approximate surface area is 132 Å². The lowest BCUT2D eigenvalue weighted by molar-refractivity contribution is -0.137. The Balaban J connectivity index is 1.96. The van der Waals surface area contributed by atoms with Crippen molar-refractivity contribution in [2.75, 3.05) is 11.9 Å². The van der Waals surface area contributed by atoms with Crippen LogP contribution >= 0.6 is 0 Å². The van der Waals surface area contributed by atoms with E-state index in [9.17, 15) is 22.8 Å². The molecule has 1 aliphatic rings. The summed E-state index contributed by atoms with van der Waals surface area (Å²) in [7, 11) is 0. The zero-order valence-electron chi connectivity index (χ0n) is 12.8. The zero-order valence-corrected chi connectivity index (χ0v) is 12.8. The minimum atomic E-state index is -4.41. The molecular weight excluding hydrogens is 309 g/mol. The maximum atomic E-state index is 12.5. The molecule has 0 spiro atoms. The van der Waals surface area contributed by atoms with Gasteiger partial charge in [-0.25, -0.2) is 0 Å². The Hall–Kier alpha value is -2.05. The Morgan fingerprint density at radius 1 is 1.17 bits per heavy atom. The first-order valence-corrected chi connectivity index (χ1v) is 7.51. The van der Waals surface area contributed by atoms with Crippen molar-refractivity contribution in [1.82, 2.24) is 4.90 Å². The molecule has 1 aliphatic carbocycles. The number of amides is 2. The van der Waals surface area contributed by atoms with E-state index in [-0.39, 0.29) is 24.2 Å². The van der Waals surface area contributed by atoms with Gasteiger partial charge < -0.3 is 10.2 Å². The molecule has 126 valence electrons. The number of benzene rings is 1. The second kappa shape index (κ2) is 7.02.